The third kappa shape index (κ3) is 15.8. The molecule has 140 heavy (non-hydrogen) atoms. The first-order valence-corrected chi connectivity index (χ1v) is 49.0. The number of methoxy groups -OCH3 is 1. The lowest BCUT2D eigenvalue weighted by Crippen LogP contribution is -2.28. The summed E-state index contributed by atoms with van der Waals surface area (Å²) in [7, 11) is 1.75. The number of fused-ring (bicyclic) bond motifs is 30. The van der Waals surface area contributed by atoms with Gasteiger partial charge in [-0.05, 0) is 199 Å². The molecule has 0 amide bonds. The lowest BCUT2D eigenvalue weighted by atomic mass is 9.88. The highest BCUT2D eigenvalue weighted by atomic mass is 16.5. The largest absolute Gasteiger partial charge is 0.369 e. The molecule has 0 heterocycles. The highest BCUT2D eigenvalue weighted by Crippen LogP contribution is 2.59. The fourth-order valence-electron chi connectivity index (χ4n) is 22.3. The van der Waals surface area contributed by atoms with Crippen LogP contribution >= 0.6 is 0 Å². The van der Waals surface area contributed by atoms with Crippen LogP contribution in [0.4, 0.5) is 0 Å². The van der Waals surface area contributed by atoms with E-state index in [1.807, 2.05) is 71.9 Å². The average Bonchev–Trinajstić information content (AvgIpc) is 1.58. The number of ether oxygens (including phenoxy) is 5. The second kappa shape index (κ2) is 40.4. The van der Waals surface area contributed by atoms with Crippen molar-refractivity contribution in [3.8, 4) is 138 Å². The van der Waals surface area contributed by atoms with Crippen LogP contribution in [-0.2, 0) is 57.3 Å². The summed E-state index contributed by atoms with van der Waals surface area (Å²) in [6, 6.07) is 127. The van der Waals surface area contributed by atoms with E-state index in [0.29, 0.717) is 26.4 Å². The first-order valence-electron chi connectivity index (χ1n) is 49.0. The molecule has 0 saturated heterocycles. The summed E-state index contributed by atoms with van der Waals surface area (Å²) < 4.78 is 31.9. The van der Waals surface area contributed by atoms with E-state index in [-0.39, 0.29) is 0 Å². The molecule has 0 radical (unpaired) electrons. The van der Waals surface area contributed by atoms with Gasteiger partial charge in [0, 0.05) is 100 Å². The van der Waals surface area contributed by atoms with Crippen LogP contribution in [0.2, 0.25) is 0 Å². The van der Waals surface area contributed by atoms with E-state index in [9.17, 15) is 5.11 Å². The van der Waals surface area contributed by atoms with E-state index in [0.717, 1.165) is 76.3 Å². The van der Waals surface area contributed by atoms with Gasteiger partial charge in [-0.15, -0.1) is 35.5 Å². The van der Waals surface area contributed by atoms with Crippen LogP contribution in [0.1, 0.15) is 168 Å². The first kappa shape index (κ1) is 93.6. The standard InChI is InChI=1S/2C24H22O.C23H20O.C22H18O.C21H16O.C20H14O/c1-3-5-17-25-24(16-4-2)22-13-9-8-12-20(22)21-15-14-18-10-6-7-11-19(18)23(21)24;1-3-5-17-25-24(16-4-2)21-13-9-8-12-20(21)23-19-11-7-6-10-18(19)14-15-22(23)24;1-3-15-23(24-16-4-2)21-12-8-7-11-19(21)20-14-13-17-9-5-6-10-18(17)22(20)23;1-3-15-22(23-4-2)20-12-8-7-11-18(20)19-14-13-16-9-5-6-10-17(16)21(19)22;1-3-14-21(22-2)19-11-7-6-10-17(19)18-13-12-15-8-4-5-9-16(15)20(18)21;1-2-13-20(21)18-10-6-5-9-16(18)17-12-11-14-7-3-4-8-15(14)19(17)20/h2*6-15H,3,5,17H2,1-2H3;5-14H,4,16H2,1-2H3;5-14H,4H2,1-2H3;4-13H,1-2H3;3-12,21H,1H3. The van der Waals surface area contributed by atoms with Gasteiger partial charge in [0.1, 0.15) is 0 Å². The average molecular weight is 1820 g/mol. The van der Waals surface area contributed by atoms with E-state index in [4.69, 9.17) is 23.7 Å². The smallest absolute Gasteiger partial charge is 0.181 e. The van der Waals surface area contributed by atoms with Crippen LogP contribution in [0.15, 0.2) is 364 Å². The Morgan fingerprint density at radius 3 is 0.829 bits per heavy atom. The van der Waals surface area contributed by atoms with Gasteiger partial charge in [-0.1, -0.05) is 433 Å². The van der Waals surface area contributed by atoms with E-state index < -0.39 is 33.6 Å². The number of hydrogen-bond donors (Lipinski definition) is 1. The quantitative estimate of drug-likeness (QED) is 0.0864. The highest BCUT2D eigenvalue weighted by Gasteiger charge is 2.50. The molecule has 6 aliphatic rings. The molecule has 0 aliphatic heterocycles. The first-order chi connectivity index (χ1) is 68.8. The Bertz CT molecular complexity index is 8280. The number of rotatable bonds is 14. The van der Waals surface area contributed by atoms with Crippen molar-refractivity contribution < 1.29 is 28.8 Å². The van der Waals surface area contributed by atoms with Crippen molar-refractivity contribution in [2.45, 2.75) is 135 Å². The summed E-state index contributed by atoms with van der Waals surface area (Å²) in [5, 5.41) is 25.8. The Kier molecular flexibility index (Phi) is 27.0. The van der Waals surface area contributed by atoms with Crippen LogP contribution < -0.4 is 0 Å². The normalized spacial score (nSPS) is 18.1. The molecular weight excluding hydrogens is 1710 g/mol. The lowest BCUT2D eigenvalue weighted by molar-refractivity contribution is 0.0278. The van der Waals surface area contributed by atoms with Crippen LogP contribution in [-0.4, -0.2) is 38.6 Å². The summed E-state index contributed by atoms with van der Waals surface area (Å²) in [4.78, 5) is 0. The van der Waals surface area contributed by atoms with E-state index in [1.54, 1.807) is 14.0 Å². The van der Waals surface area contributed by atoms with Gasteiger partial charge in [0.15, 0.2) is 33.6 Å². The van der Waals surface area contributed by atoms with Crippen LogP contribution in [0.3, 0.4) is 0 Å². The Morgan fingerprint density at radius 1 is 0.214 bits per heavy atom. The van der Waals surface area contributed by atoms with Gasteiger partial charge in [0.2, 0.25) is 0 Å². The minimum Gasteiger partial charge on any atom is -0.369 e. The molecule has 0 aromatic heterocycles. The van der Waals surface area contributed by atoms with Crippen molar-refractivity contribution in [1.29, 1.82) is 0 Å². The number of benzene rings is 18. The molecular formula is C134H112O6. The maximum atomic E-state index is 11.3. The third-order valence-electron chi connectivity index (χ3n) is 27.9. The van der Waals surface area contributed by atoms with Gasteiger partial charge in [0.25, 0.3) is 0 Å². The van der Waals surface area contributed by atoms with Gasteiger partial charge >= 0.3 is 0 Å². The highest BCUT2D eigenvalue weighted by molar-refractivity contribution is 6.06. The Labute approximate surface area is 824 Å². The number of aliphatic hydroxyl groups is 1. The molecule has 6 atom stereocenters. The molecule has 6 nitrogen and oxygen atoms in total. The van der Waals surface area contributed by atoms with Gasteiger partial charge in [-0.2, -0.15) is 0 Å². The molecule has 0 spiro atoms. The molecule has 6 heteroatoms. The summed E-state index contributed by atoms with van der Waals surface area (Å²) in [5.41, 5.74) is 23.5. The van der Waals surface area contributed by atoms with Crippen molar-refractivity contribution in [2.75, 3.05) is 33.5 Å². The summed E-state index contributed by atoms with van der Waals surface area (Å²) in [5.74, 6) is 38.5. The monoisotopic (exact) mass is 1820 g/mol. The van der Waals surface area contributed by atoms with E-state index >= 15 is 0 Å². The Balaban J connectivity index is 0.000000107. The molecule has 0 fully saturated rings. The second-order valence-electron chi connectivity index (χ2n) is 35.8. The zero-order valence-electron chi connectivity index (χ0n) is 81.5. The predicted octanol–water partition coefficient (Wildman–Crippen LogP) is 31.3. The fraction of sp³-hybridized carbons (Fsp3) is 0.194. The van der Waals surface area contributed by atoms with Crippen molar-refractivity contribution >= 4 is 64.6 Å². The molecule has 6 aliphatic carbocycles. The van der Waals surface area contributed by atoms with Crippen LogP contribution in [0.5, 0.6) is 0 Å². The summed E-state index contributed by atoms with van der Waals surface area (Å²) in [6.07, 6.45) is 5.27. The molecule has 0 saturated carbocycles. The zero-order valence-corrected chi connectivity index (χ0v) is 81.5. The van der Waals surface area contributed by atoms with E-state index in [1.165, 1.54) is 154 Å². The van der Waals surface area contributed by atoms with Crippen LogP contribution in [0, 0.1) is 71.0 Å². The van der Waals surface area contributed by atoms with Crippen molar-refractivity contribution in [3.05, 3.63) is 431 Å². The number of hydrogen-bond acceptors (Lipinski definition) is 6. The van der Waals surface area contributed by atoms with Crippen molar-refractivity contribution in [1.82, 2.24) is 0 Å². The van der Waals surface area contributed by atoms with E-state index in [2.05, 4.69) is 425 Å². The fourth-order valence-corrected chi connectivity index (χ4v) is 22.3. The van der Waals surface area contributed by atoms with Gasteiger partial charge in [-0.3, -0.25) is 0 Å². The van der Waals surface area contributed by atoms with Crippen LogP contribution in [0.25, 0.3) is 131 Å². The number of unbranched alkanes of at least 4 members (excludes halogenated alkanes) is 2. The molecule has 1 N–H and O–H groups in total. The zero-order chi connectivity index (χ0) is 96.6. The lowest BCUT2D eigenvalue weighted by Gasteiger charge is -2.28. The van der Waals surface area contributed by atoms with Gasteiger partial charge in [-0.25, -0.2) is 0 Å². The van der Waals surface area contributed by atoms with Crippen molar-refractivity contribution in [2.24, 2.45) is 0 Å². The molecule has 24 rings (SSSR count). The second-order valence-corrected chi connectivity index (χ2v) is 35.8. The molecule has 18 aromatic rings. The minimum absolute atomic E-state index is 0.617. The SMILES string of the molecule is CC#CC1(O)c2ccccc2-c2ccc3ccccc3c21.CC#CC1(OC)c2ccccc2-c2ccc3ccccc3c21.CC#CC1(OCC)c2ccccc2-c2ccc3ccccc3c21.CC#CC1(OCCC)c2ccccc2-c2ccc3ccccc3c21.CC#CC1(OCCCC)c2ccccc2-c2c1ccc1ccccc21.CC#CC1(OCCCC)c2ccccc2-c2ccc3ccccc3c21. The van der Waals surface area contributed by atoms with Crippen molar-refractivity contribution in [3.63, 3.8) is 0 Å². The molecule has 6 unspecified atom stereocenters. The predicted molar refractivity (Wildman–Crippen MR) is 581 cm³/mol. The van der Waals surface area contributed by atoms with Gasteiger partial charge in [0.05, 0.1) is 0 Å². The maximum Gasteiger partial charge on any atom is 0.181 e. The summed E-state index contributed by atoms with van der Waals surface area (Å²) >= 11 is 0. The molecule has 18 aromatic carbocycles. The Hall–Kier alpha value is -15.4. The topological polar surface area (TPSA) is 66.4 Å². The Morgan fingerprint density at radius 2 is 0.471 bits per heavy atom. The molecule has 684 valence electrons. The maximum absolute atomic E-state index is 11.3. The minimum atomic E-state index is -1.22. The summed E-state index contributed by atoms with van der Waals surface area (Å²) in [6.45, 7) is 22.5. The van der Waals surface area contributed by atoms with Gasteiger partial charge < -0.3 is 28.8 Å². The third-order valence-corrected chi connectivity index (χ3v) is 27.9. The molecule has 0 bridgehead atoms.